The van der Waals surface area contributed by atoms with Gasteiger partial charge < -0.3 is 10.3 Å². The van der Waals surface area contributed by atoms with Crippen molar-refractivity contribution in [2.24, 2.45) is 0 Å². The van der Waals surface area contributed by atoms with Crippen molar-refractivity contribution >= 4 is 23.0 Å². The van der Waals surface area contributed by atoms with E-state index in [9.17, 15) is 4.79 Å². The van der Waals surface area contributed by atoms with Gasteiger partial charge in [-0.05, 0) is 24.1 Å². The van der Waals surface area contributed by atoms with E-state index in [2.05, 4.69) is 21.4 Å². The monoisotopic (exact) mass is 229 g/mol. The fourth-order valence-corrected chi connectivity index (χ4v) is 1.61. The number of hydrogen-bond acceptors (Lipinski definition) is 2. The van der Waals surface area contributed by atoms with Crippen molar-refractivity contribution in [3.63, 3.8) is 0 Å². The van der Waals surface area contributed by atoms with E-state index in [0.29, 0.717) is 6.54 Å². The average Bonchev–Trinajstić information content (AvgIpc) is 2.75. The van der Waals surface area contributed by atoms with Crippen LogP contribution in [0.3, 0.4) is 0 Å². The van der Waals surface area contributed by atoms with Gasteiger partial charge in [0.15, 0.2) is 0 Å². The Labute approximate surface area is 99.8 Å². The molecule has 0 fully saturated rings. The van der Waals surface area contributed by atoms with Gasteiger partial charge in [0.25, 0.3) is 0 Å². The lowest BCUT2D eigenvalue weighted by molar-refractivity contribution is -0.118. The number of imidazole rings is 1. The first-order valence-corrected chi connectivity index (χ1v) is 5.60. The summed E-state index contributed by atoms with van der Waals surface area (Å²) in [7, 11) is 0. The summed E-state index contributed by atoms with van der Waals surface area (Å²) in [6, 6.07) is 6.06. The number of H-pyrrole nitrogens is 1. The molecule has 2 N–H and O–H groups in total. The predicted octanol–water partition coefficient (Wildman–Crippen LogP) is 2.10. The van der Waals surface area contributed by atoms with Crippen molar-refractivity contribution in [3.8, 4) is 0 Å². The van der Waals surface area contributed by atoms with Crippen LogP contribution >= 0.6 is 0 Å². The molecule has 1 amide bonds. The molecule has 2 rings (SSSR count). The molecule has 1 aromatic heterocycles. The Morgan fingerprint density at radius 2 is 2.41 bits per heavy atom. The van der Waals surface area contributed by atoms with Crippen LogP contribution < -0.4 is 5.32 Å². The van der Waals surface area contributed by atoms with Crippen LogP contribution in [0.25, 0.3) is 17.1 Å². The van der Waals surface area contributed by atoms with Gasteiger partial charge >= 0.3 is 0 Å². The van der Waals surface area contributed by atoms with Gasteiger partial charge in [-0.3, -0.25) is 4.79 Å². The average molecular weight is 229 g/mol. The summed E-state index contributed by atoms with van der Waals surface area (Å²) in [6.07, 6.45) is 6.62. The first-order chi connectivity index (χ1) is 8.25. The van der Waals surface area contributed by atoms with E-state index in [4.69, 9.17) is 0 Å². The van der Waals surface area contributed by atoms with Gasteiger partial charge in [-0.25, -0.2) is 4.98 Å². The van der Waals surface area contributed by atoms with Gasteiger partial charge in [0.1, 0.15) is 0 Å². The van der Waals surface area contributed by atoms with E-state index >= 15 is 0 Å². The molecule has 1 aromatic carbocycles. The molecule has 0 aliphatic rings. The Kier molecular flexibility index (Phi) is 3.55. The molecule has 0 spiro atoms. The summed E-state index contributed by atoms with van der Waals surface area (Å²) in [5, 5.41) is 2.75. The Hall–Kier alpha value is -2.10. The van der Waals surface area contributed by atoms with E-state index < -0.39 is 0 Å². The fourth-order valence-electron chi connectivity index (χ4n) is 1.61. The number of aromatic amines is 1. The molecule has 17 heavy (non-hydrogen) atoms. The fraction of sp³-hybridized carbons (Fsp3) is 0.231. The van der Waals surface area contributed by atoms with Crippen LogP contribution in [0, 0.1) is 0 Å². The third-order valence-corrected chi connectivity index (χ3v) is 2.44. The highest BCUT2D eigenvalue weighted by atomic mass is 16.1. The number of rotatable bonds is 4. The van der Waals surface area contributed by atoms with Crippen molar-refractivity contribution in [1.29, 1.82) is 0 Å². The molecule has 0 atom stereocenters. The highest BCUT2D eigenvalue weighted by Crippen LogP contribution is 2.12. The molecule has 2 aromatic rings. The maximum atomic E-state index is 10.6. The van der Waals surface area contributed by atoms with Gasteiger partial charge in [0, 0.05) is 13.5 Å². The van der Waals surface area contributed by atoms with Crippen LogP contribution in [0.15, 0.2) is 30.6 Å². The SMILES string of the molecule is CC(=O)NCCC=Cc1ccc2nc[nH]c2c1. The number of benzene rings is 1. The zero-order valence-electron chi connectivity index (χ0n) is 9.73. The standard InChI is InChI=1S/C13H15N3O/c1-10(17)14-7-3-2-4-11-5-6-12-13(8-11)16-9-15-12/h2,4-6,8-9H,3,7H2,1H3,(H,14,17)(H,15,16). The Balaban J connectivity index is 1.93. The molecule has 1 heterocycles. The maximum absolute atomic E-state index is 10.6. The molecule has 88 valence electrons. The van der Waals surface area contributed by atoms with Crippen LogP contribution in [-0.2, 0) is 4.79 Å². The van der Waals surface area contributed by atoms with E-state index in [1.807, 2.05) is 24.3 Å². The quantitative estimate of drug-likeness (QED) is 0.789. The van der Waals surface area contributed by atoms with Crippen LogP contribution in [0.4, 0.5) is 0 Å². The van der Waals surface area contributed by atoms with Crippen LogP contribution in [0.5, 0.6) is 0 Å². The van der Waals surface area contributed by atoms with E-state index in [0.717, 1.165) is 23.0 Å². The molecule has 0 saturated carbocycles. The second kappa shape index (κ2) is 5.30. The Bertz CT molecular complexity index is 542. The second-order valence-corrected chi connectivity index (χ2v) is 3.85. The normalized spacial score (nSPS) is 11.1. The molecule has 4 heteroatoms. The summed E-state index contributed by atoms with van der Waals surface area (Å²) in [5.74, 6) is 0.0114. The summed E-state index contributed by atoms with van der Waals surface area (Å²) < 4.78 is 0. The molecule has 0 aliphatic heterocycles. The lowest BCUT2D eigenvalue weighted by Gasteiger charge is -1.97. The smallest absolute Gasteiger partial charge is 0.216 e. The number of carbonyl (C=O) groups is 1. The van der Waals surface area contributed by atoms with Gasteiger partial charge in [0.05, 0.1) is 17.4 Å². The Morgan fingerprint density at radius 1 is 1.53 bits per heavy atom. The number of nitrogens with one attached hydrogen (secondary N) is 2. The lowest BCUT2D eigenvalue weighted by atomic mass is 10.2. The largest absolute Gasteiger partial charge is 0.356 e. The van der Waals surface area contributed by atoms with Gasteiger partial charge in [0.2, 0.25) is 5.91 Å². The molecule has 0 radical (unpaired) electrons. The number of hydrogen-bond donors (Lipinski definition) is 2. The van der Waals surface area contributed by atoms with Gasteiger partial charge in [-0.2, -0.15) is 0 Å². The molecule has 4 nitrogen and oxygen atoms in total. The minimum Gasteiger partial charge on any atom is -0.356 e. The van der Waals surface area contributed by atoms with Crippen molar-refractivity contribution in [2.45, 2.75) is 13.3 Å². The maximum Gasteiger partial charge on any atom is 0.216 e. The van der Waals surface area contributed by atoms with Crippen LogP contribution in [0.2, 0.25) is 0 Å². The van der Waals surface area contributed by atoms with E-state index in [-0.39, 0.29) is 5.91 Å². The first-order valence-electron chi connectivity index (χ1n) is 5.60. The summed E-state index contributed by atoms with van der Waals surface area (Å²) >= 11 is 0. The lowest BCUT2D eigenvalue weighted by Crippen LogP contribution is -2.20. The van der Waals surface area contributed by atoms with Crippen molar-refractivity contribution in [2.75, 3.05) is 6.54 Å². The minimum atomic E-state index is 0.0114. The van der Waals surface area contributed by atoms with Crippen LogP contribution in [0.1, 0.15) is 18.9 Å². The predicted molar refractivity (Wildman–Crippen MR) is 68.4 cm³/mol. The highest BCUT2D eigenvalue weighted by Gasteiger charge is 1.95. The Morgan fingerprint density at radius 3 is 3.24 bits per heavy atom. The third kappa shape index (κ3) is 3.17. The van der Waals surface area contributed by atoms with E-state index in [1.165, 1.54) is 6.92 Å². The summed E-state index contributed by atoms with van der Waals surface area (Å²) in [6.45, 7) is 2.20. The number of fused-ring (bicyclic) bond motifs is 1. The zero-order valence-corrected chi connectivity index (χ0v) is 9.73. The third-order valence-electron chi connectivity index (χ3n) is 2.44. The summed E-state index contributed by atoms with van der Waals surface area (Å²) in [4.78, 5) is 17.9. The van der Waals surface area contributed by atoms with Crippen LogP contribution in [-0.4, -0.2) is 22.4 Å². The van der Waals surface area contributed by atoms with Gasteiger partial charge in [-0.15, -0.1) is 0 Å². The number of aromatic nitrogens is 2. The minimum absolute atomic E-state index is 0.0114. The molecular formula is C13H15N3O. The van der Waals surface area contributed by atoms with Gasteiger partial charge in [-0.1, -0.05) is 18.2 Å². The van der Waals surface area contributed by atoms with E-state index in [1.54, 1.807) is 6.33 Å². The van der Waals surface area contributed by atoms with Crippen molar-refractivity contribution < 1.29 is 4.79 Å². The first kappa shape index (κ1) is 11.4. The molecular weight excluding hydrogens is 214 g/mol. The number of nitrogens with zero attached hydrogens (tertiary/aromatic N) is 1. The highest BCUT2D eigenvalue weighted by molar-refractivity contribution is 5.77. The number of carbonyl (C=O) groups excluding carboxylic acids is 1. The van der Waals surface area contributed by atoms with Crippen molar-refractivity contribution in [1.82, 2.24) is 15.3 Å². The summed E-state index contributed by atoms with van der Waals surface area (Å²) in [5.41, 5.74) is 3.14. The molecule has 0 bridgehead atoms. The molecule has 0 aliphatic carbocycles. The van der Waals surface area contributed by atoms with Crippen molar-refractivity contribution in [3.05, 3.63) is 36.2 Å². The second-order valence-electron chi connectivity index (χ2n) is 3.85. The topological polar surface area (TPSA) is 57.8 Å². The molecule has 0 unspecified atom stereocenters. The zero-order chi connectivity index (χ0) is 12.1. The molecule has 0 saturated heterocycles. The number of amides is 1.